The van der Waals surface area contributed by atoms with Crippen molar-refractivity contribution < 1.29 is 0 Å². The van der Waals surface area contributed by atoms with E-state index in [1.54, 1.807) is 10.4 Å². The topological polar surface area (TPSA) is 0 Å². The number of thiophene rings is 1. The average molecular weight is 252 g/mol. The first kappa shape index (κ1) is 14.8. The molecule has 0 radical (unpaired) electrons. The highest BCUT2D eigenvalue weighted by atomic mass is 32.1. The monoisotopic (exact) mass is 252 g/mol. The maximum absolute atomic E-state index is 2.36. The SMILES string of the molecule is CCCCCCC(CCCC)c1ccsc1C. The summed E-state index contributed by atoms with van der Waals surface area (Å²) < 4.78 is 0. The number of aryl methyl sites for hydroxylation is 1. The fraction of sp³-hybridized carbons (Fsp3) is 0.750. The van der Waals surface area contributed by atoms with Crippen LogP contribution in [0.15, 0.2) is 11.4 Å². The zero-order valence-electron chi connectivity index (χ0n) is 11.8. The Bertz CT molecular complexity index is 287. The molecule has 1 atom stereocenters. The Labute approximate surface area is 111 Å². The molecule has 0 aromatic carbocycles. The number of unbranched alkanes of at least 4 members (excludes halogenated alkanes) is 4. The van der Waals surface area contributed by atoms with E-state index in [0.717, 1.165) is 5.92 Å². The highest BCUT2D eigenvalue weighted by Gasteiger charge is 2.13. The Morgan fingerprint density at radius 1 is 1.00 bits per heavy atom. The van der Waals surface area contributed by atoms with E-state index in [-0.39, 0.29) is 0 Å². The van der Waals surface area contributed by atoms with Crippen molar-refractivity contribution in [2.75, 3.05) is 0 Å². The van der Waals surface area contributed by atoms with E-state index in [9.17, 15) is 0 Å². The summed E-state index contributed by atoms with van der Waals surface area (Å²) in [5.41, 5.74) is 1.64. The van der Waals surface area contributed by atoms with Crippen LogP contribution in [0.2, 0.25) is 0 Å². The summed E-state index contributed by atoms with van der Waals surface area (Å²) in [5, 5.41) is 2.26. The number of rotatable bonds is 9. The van der Waals surface area contributed by atoms with Crippen molar-refractivity contribution in [2.45, 2.75) is 78.1 Å². The molecule has 0 fully saturated rings. The molecule has 0 aliphatic heterocycles. The van der Waals surface area contributed by atoms with Gasteiger partial charge < -0.3 is 0 Å². The van der Waals surface area contributed by atoms with Gasteiger partial charge in [-0.1, -0.05) is 52.4 Å². The van der Waals surface area contributed by atoms with Gasteiger partial charge in [-0.3, -0.25) is 0 Å². The first-order valence-electron chi connectivity index (χ1n) is 7.33. The second kappa shape index (κ2) is 8.74. The number of hydrogen-bond donors (Lipinski definition) is 0. The predicted octanol–water partition coefficient (Wildman–Crippen LogP) is 6.30. The quantitative estimate of drug-likeness (QED) is 0.452. The van der Waals surface area contributed by atoms with Crippen LogP contribution in [0.4, 0.5) is 0 Å². The lowest BCUT2D eigenvalue weighted by Crippen LogP contribution is -1.99. The van der Waals surface area contributed by atoms with E-state index in [1.165, 1.54) is 51.4 Å². The summed E-state index contributed by atoms with van der Waals surface area (Å²) in [7, 11) is 0. The molecule has 1 heterocycles. The summed E-state index contributed by atoms with van der Waals surface area (Å²) in [4.78, 5) is 1.54. The first-order valence-corrected chi connectivity index (χ1v) is 8.21. The minimum atomic E-state index is 0.832. The van der Waals surface area contributed by atoms with Gasteiger partial charge in [-0.15, -0.1) is 11.3 Å². The molecule has 1 aromatic heterocycles. The maximum atomic E-state index is 2.36. The van der Waals surface area contributed by atoms with Crippen molar-refractivity contribution in [2.24, 2.45) is 0 Å². The van der Waals surface area contributed by atoms with Crippen LogP contribution >= 0.6 is 11.3 Å². The second-order valence-corrected chi connectivity index (χ2v) is 6.24. The minimum Gasteiger partial charge on any atom is -0.149 e. The third kappa shape index (κ3) is 5.25. The van der Waals surface area contributed by atoms with Crippen LogP contribution in [-0.4, -0.2) is 0 Å². The van der Waals surface area contributed by atoms with Crippen molar-refractivity contribution in [3.05, 3.63) is 21.9 Å². The summed E-state index contributed by atoms with van der Waals surface area (Å²) in [5.74, 6) is 0.832. The molecular formula is C16H28S. The highest BCUT2D eigenvalue weighted by molar-refractivity contribution is 7.10. The van der Waals surface area contributed by atoms with E-state index in [0.29, 0.717) is 0 Å². The first-order chi connectivity index (χ1) is 8.29. The average Bonchev–Trinajstić information content (AvgIpc) is 2.75. The normalized spacial score (nSPS) is 12.9. The zero-order valence-corrected chi connectivity index (χ0v) is 12.6. The van der Waals surface area contributed by atoms with Crippen LogP contribution in [0, 0.1) is 6.92 Å². The van der Waals surface area contributed by atoms with E-state index in [1.807, 2.05) is 11.3 Å². The van der Waals surface area contributed by atoms with Gasteiger partial charge in [0, 0.05) is 4.88 Å². The van der Waals surface area contributed by atoms with Crippen LogP contribution in [0.25, 0.3) is 0 Å². The van der Waals surface area contributed by atoms with E-state index in [4.69, 9.17) is 0 Å². The van der Waals surface area contributed by atoms with Gasteiger partial charge in [0.1, 0.15) is 0 Å². The Kier molecular flexibility index (Phi) is 7.59. The lowest BCUT2D eigenvalue weighted by Gasteiger charge is -2.16. The molecule has 0 saturated heterocycles. The predicted molar refractivity (Wildman–Crippen MR) is 80.1 cm³/mol. The van der Waals surface area contributed by atoms with Crippen LogP contribution in [-0.2, 0) is 0 Å². The third-order valence-corrected chi connectivity index (χ3v) is 4.51. The fourth-order valence-corrected chi connectivity index (χ4v) is 3.33. The maximum Gasteiger partial charge on any atom is 0.00490 e. The van der Waals surface area contributed by atoms with Gasteiger partial charge >= 0.3 is 0 Å². The van der Waals surface area contributed by atoms with Gasteiger partial charge in [0.15, 0.2) is 0 Å². The Balaban J connectivity index is 2.46. The molecule has 0 bridgehead atoms. The molecule has 1 aromatic rings. The molecule has 0 saturated carbocycles. The molecular weight excluding hydrogens is 224 g/mol. The molecule has 0 nitrogen and oxygen atoms in total. The molecule has 1 unspecified atom stereocenters. The fourth-order valence-electron chi connectivity index (χ4n) is 2.54. The summed E-state index contributed by atoms with van der Waals surface area (Å²) >= 11 is 1.91. The van der Waals surface area contributed by atoms with Gasteiger partial charge in [-0.25, -0.2) is 0 Å². The van der Waals surface area contributed by atoms with Gasteiger partial charge in [-0.2, -0.15) is 0 Å². The lowest BCUT2D eigenvalue weighted by molar-refractivity contribution is 0.508. The Hall–Kier alpha value is -0.300. The van der Waals surface area contributed by atoms with Gasteiger partial charge in [0.05, 0.1) is 0 Å². The molecule has 1 heteroatoms. The van der Waals surface area contributed by atoms with Crippen LogP contribution in [0.3, 0.4) is 0 Å². The largest absolute Gasteiger partial charge is 0.149 e. The van der Waals surface area contributed by atoms with Crippen molar-refractivity contribution in [1.82, 2.24) is 0 Å². The van der Waals surface area contributed by atoms with E-state index in [2.05, 4.69) is 32.2 Å². The van der Waals surface area contributed by atoms with Gasteiger partial charge in [0.25, 0.3) is 0 Å². The van der Waals surface area contributed by atoms with Crippen LogP contribution in [0.5, 0.6) is 0 Å². The van der Waals surface area contributed by atoms with Crippen molar-refractivity contribution in [1.29, 1.82) is 0 Å². The second-order valence-electron chi connectivity index (χ2n) is 5.12. The number of hydrogen-bond acceptors (Lipinski definition) is 1. The molecule has 0 spiro atoms. The van der Waals surface area contributed by atoms with Crippen molar-refractivity contribution >= 4 is 11.3 Å². The molecule has 98 valence electrons. The van der Waals surface area contributed by atoms with Crippen LogP contribution < -0.4 is 0 Å². The Morgan fingerprint density at radius 2 is 1.71 bits per heavy atom. The summed E-state index contributed by atoms with van der Waals surface area (Å²) in [6.07, 6.45) is 11.1. The summed E-state index contributed by atoms with van der Waals surface area (Å²) in [6, 6.07) is 2.36. The van der Waals surface area contributed by atoms with E-state index >= 15 is 0 Å². The molecule has 0 aliphatic rings. The molecule has 0 aliphatic carbocycles. The van der Waals surface area contributed by atoms with Crippen LogP contribution in [0.1, 0.15) is 81.6 Å². The standard InChI is InChI=1S/C16H28S/c1-4-6-8-9-11-15(10-7-5-2)16-12-13-17-14(16)3/h12-13,15H,4-11H2,1-3H3. The summed E-state index contributed by atoms with van der Waals surface area (Å²) in [6.45, 7) is 6.87. The zero-order chi connectivity index (χ0) is 12.5. The Morgan fingerprint density at radius 3 is 2.29 bits per heavy atom. The molecule has 17 heavy (non-hydrogen) atoms. The van der Waals surface area contributed by atoms with Crippen molar-refractivity contribution in [3.63, 3.8) is 0 Å². The molecule has 1 rings (SSSR count). The highest BCUT2D eigenvalue weighted by Crippen LogP contribution is 2.32. The van der Waals surface area contributed by atoms with E-state index < -0.39 is 0 Å². The molecule has 0 amide bonds. The van der Waals surface area contributed by atoms with Gasteiger partial charge in [-0.05, 0) is 42.7 Å². The third-order valence-electron chi connectivity index (χ3n) is 3.65. The minimum absolute atomic E-state index is 0.832. The smallest absolute Gasteiger partial charge is 0.00490 e. The van der Waals surface area contributed by atoms with Crippen molar-refractivity contribution in [3.8, 4) is 0 Å². The van der Waals surface area contributed by atoms with Gasteiger partial charge in [0.2, 0.25) is 0 Å². The lowest BCUT2D eigenvalue weighted by atomic mass is 9.89. The molecule has 0 N–H and O–H groups in total.